The summed E-state index contributed by atoms with van der Waals surface area (Å²) in [6.45, 7) is 7.85. The molecule has 0 heterocycles. The molecular weight excluding hydrogens is 422 g/mol. The van der Waals surface area contributed by atoms with E-state index in [1.165, 1.54) is 0 Å². The molecule has 4 unspecified atom stereocenters. The first kappa shape index (κ1) is 29.1. The SMILES string of the molecule is CC(C)CC(N)C(=O)NC(C(=O)NC(CCCCN)C(=O)NC(CS)C(=O)O)C(C)C. The number of carboxylic acid groups (broad SMARTS) is 1. The summed E-state index contributed by atoms with van der Waals surface area (Å²) in [6, 6.07) is -3.79. The topological polar surface area (TPSA) is 177 Å². The van der Waals surface area contributed by atoms with Gasteiger partial charge in [0.25, 0.3) is 0 Å². The van der Waals surface area contributed by atoms with Crippen molar-refractivity contribution in [2.24, 2.45) is 23.3 Å². The summed E-state index contributed by atoms with van der Waals surface area (Å²) in [5.41, 5.74) is 11.4. The Balaban J connectivity index is 5.32. The Hall–Kier alpha value is -1.85. The molecule has 0 spiro atoms. The summed E-state index contributed by atoms with van der Waals surface area (Å²) in [5, 5.41) is 16.8. The summed E-state index contributed by atoms with van der Waals surface area (Å²) < 4.78 is 0. The van der Waals surface area contributed by atoms with Gasteiger partial charge in [0.1, 0.15) is 18.1 Å². The molecule has 8 N–H and O–H groups in total. The lowest BCUT2D eigenvalue weighted by Gasteiger charge is -2.27. The van der Waals surface area contributed by atoms with E-state index in [1.54, 1.807) is 13.8 Å². The normalized spacial score (nSPS) is 15.1. The predicted octanol–water partition coefficient (Wildman–Crippen LogP) is -0.386. The summed E-state index contributed by atoms with van der Waals surface area (Å²) in [4.78, 5) is 49.1. The molecule has 0 aromatic heterocycles. The van der Waals surface area contributed by atoms with Crippen molar-refractivity contribution < 1.29 is 24.3 Å². The van der Waals surface area contributed by atoms with Gasteiger partial charge in [-0.25, -0.2) is 4.79 Å². The van der Waals surface area contributed by atoms with E-state index in [0.29, 0.717) is 25.8 Å². The molecule has 180 valence electrons. The highest BCUT2D eigenvalue weighted by atomic mass is 32.1. The quantitative estimate of drug-likeness (QED) is 0.128. The van der Waals surface area contributed by atoms with E-state index in [4.69, 9.17) is 16.6 Å². The molecule has 3 amide bonds. The number of hydrogen-bond acceptors (Lipinski definition) is 7. The Bertz CT molecular complexity index is 603. The van der Waals surface area contributed by atoms with Crippen LogP contribution in [0.5, 0.6) is 0 Å². The van der Waals surface area contributed by atoms with Crippen molar-refractivity contribution in [3.05, 3.63) is 0 Å². The smallest absolute Gasteiger partial charge is 0.327 e. The fourth-order valence-corrected chi connectivity index (χ4v) is 3.14. The first-order valence-corrected chi connectivity index (χ1v) is 11.3. The number of nitrogens with one attached hydrogen (secondary N) is 3. The molecule has 0 fully saturated rings. The Morgan fingerprint density at radius 2 is 1.48 bits per heavy atom. The fraction of sp³-hybridized carbons (Fsp3) is 0.800. The van der Waals surface area contributed by atoms with Crippen LogP contribution in [0.25, 0.3) is 0 Å². The molecule has 0 saturated heterocycles. The van der Waals surface area contributed by atoms with E-state index in [0.717, 1.165) is 0 Å². The van der Waals surface area contributed by atoms with Crippen molar-refractivity contribution in [2.75, 3.05) is 12.3 Å². The molecule has 0 bridgehead atoms. The molecule has 0 radical (unpaired) electrons. The predicted molar refractivity (Wildman–Crippen MR) is 122 cm³/mol. The van der Waals surface area contributed by atoms with Crippen molar-refractivity contribution in [1.29, 1.82) is 0 Å². The lowest BCUT2D eigenvalue weighted by molar-refractivity contribution is -0.141. The molecule has 0 saturated carbocycles. The number of carbonyl (C=O) groups excluding carboxylic acids is 3. The minimum absolute atomic E-state index is 0.0943. The van der Waals surface area contributed by atoms with Gasteiger partial charge in [-0.3, -0.25) is 14.4 Å². The van der Waals surface area contributed by atoms with Gasteiger partial charge >= 0.3 is 5.97 Å². The van der Waals surface area contributed by atoms with Gasteiger partial charge in [0.05, 0.1) is 6.04 Å². The standard InChI is InChI=1S/C20H39N5O5S/c1-11(2)9-13(22)17(26)25-16(12(3)4)19(28)23-14(7-5-6-8-21)18(27)24-15(10-31)20(29)30/h11-16,31H,5-10,21-22H2,1-4H3,(H,23,28)(H,24,27)(H,25,26)(H,29,30). The Morgan fingerprint density at radius 1 is 0.903 bits per heavy atom. The maximum atomic E-state index is 12.9. The lowest BCUT2D eigenvalue weighted by atomic mass is 9.99. The number of carbonyl (C=O) groups is 4. The second-order valence-electron chi connectivity index (χ2n) is 8.39. The highest BCUT2D eigenvalue weighted by molar-refractivity contribution is 7.80. The molecule has 0 rings (SSSR count). The summed E-state index contributed by atoms with van der Waals surface area (Å²) in [7, 11) is 0. The minimum atomic E-state index is -1.22. The zero-order valence-electron chi connectivity index (χ0n) is 18.9. The third-order valence-corrected chi connectivity index (χ3v) is 5.05. The van der Waals surface area contributed by atoms with Gasteiger partial charge in [-0.2, -0.15) is 12.6 Å². The average Bonchev–Trinajstić information content (AvgIpc) is 2.67. The molecule has 0 aliphatic carbocycles. The van der Waals surface area contributed by atoms with E-state index < -0.39 is 47.9 Å². The zero-order valence-corrected chi connectivity index (χ0v) is 19.8. The van der Waals surface area contributed by atoms with Gasteiger partial charge in [0.15, 0.2) is 0 Å². The van der Waals surface area contributed by atoms with E-state index in [2.05, 4.69) is 28.6 Å². The monoisotopic (exact) mass is 461 g/mol. The van der Waals surface area contributed by atoms with Crippen LogP contribution in [0, 0.1) is 11.8 Å². The molecule has 0 aliphatic rings. The van der Waals surface area contributed by atoms with Gasteiger partial charge < -0.3 is 32.5 Å². The highest BCUT2D eigenvalue weighted by Crippen LogP contribution is 2.08. The van der Waals surface area contributed by atoms with Crippen LogP contribution in [0.15, 0.2) is 0 Å². The first-order valence-electron chi connectivity index (χ1n) is 10.6. The summed E-state index contributed by atoms with van der Waals surface area (Å²) in [5.74, 6) is -2.95. The van der Waals surface area contributed by atoms with Gasteiger partial charge in [0, 0.05) is 5.75 Å². The van der Waals surface area contributed by atoms with Crippen LogP contribution < -0.4 is 27.4 Å². The van der Waals surface area contributed by atoms with E-state index in [1.807, 2.05) is 13.8 Å². The second kappa shape index (κ2) is 15.0. The molecule has 0 aliphatic heterocycles. The van der Waals surface area contributed by atoms with Gasteiger partial charge in [-0.15, -0.1) is 0 Å². The van der Waals surface area contributed by atoms with Crippen LogP contribution in [0.2, 0.25) is 0 Å². The molecule has 4 atom stereocenters. The molecule has 11 heteroatoms. The molecule has 10 nitrogen and oxygen atoms in total. The Labute approximate surface area is 190 Å². The van der Waals surface area contributed by atoms with Gasteiger partial charge in [0.2, 0.25) is 17.7 Å². The van der Waals surface area contributed by atoms with Crippen molar-refractivity contribution in [1.82, 2.24) is 16.0 Å². The van der Waals surface area contributed by atoms with Crippen molar-refractivity contribution in [3.63, 3.8) is 0 Å². The number of aliphatic carboxylic acids is 1. The third-order valence-electron chi connectivity index (χ3n) is 4.69. The average molecular weight is 462 g/mol. The number of unbranched alkanes of at least 4 members (excludes halogenated alkanes) is 1. The molecule has 0 aromatic carbocycles. The van der Waals surface area contributed by atoms with Crippen molar-refractivity contribution >= 4 is 36.3 Å². The van der Waals surface area contributed by atoms with E-state index >= 15 is 0 Å². The zero-order chi connectivity index (χ0) is 24.1. The van der Waals surface area contributed by atoms with Crippen molar-refractivity contribution in [3.8, 4) is 0 Å². The Morgan fingerprint density at radius 3 is 1.94 bits per heavy atom. The third kappa shape index (κ3) is 11.4. The highest BCUT2D eigenvalue weighted by Gasteiger charge is 2.31. The minimum Gasteiger partial charge on any atom is -0.480 e. The summed E-state index contributed by atoms with van der Waals surface area (Å²) in [6.07, 6.45) is 1.95. The van der Waals surface area contributed by atoms with Crippen LogP contribution in [-0.2, 0) is 19.2 Å². The maximum absolute atomic E-state index is 12.9. The van der Waals surface area contributed by atoms with Crippen LogP contribution >= 0.6 is 12.6 Å². The number of rotatable bonds is 15. The van der Waals surface area contributed by atoms with Crippen LogP contribution in [0.3, 0.4) is 0 Å². The van der Waals surface area contributed by atoms with Crippen LogP contribution in [0.4, 0.5) is 0 Å². The van der Waals surface area contributed by atoms with Crippen molar-refractivity contribution in [2.45, 2.75) is 77.5 Å². The molecule has 31 heavy (non-hydrogen) atoms. The van der Waals surface area contributed by atoms with E-state index in [-0.39, 0.29) is 24.0 Å². The second-order valence-corrected chi connectivity index (χ2v) is 8.76. The Kier molecular flexibility index (Phi) is 14.1. The number of thiol groups is 1. The van der Waals surface area contributed by atoms with Gasteiger partial charge in [-0.05, 0) is 44.1 Å². The number of hydrogen-bond donors (Lipinski definition) is 7. The molecular formula is C20H39N5O5S. The fourth-order valence-electron chi connectivity index (χ4n) is 2.89. The number of nitrogens with two attached hydrogens (primary N) is 2. The molecule has 0 aromatic rings. The van der Waals surface area contributed by atoms with Gasteiger partial charge in [-0.1, -0.05) is 27.7 Å². The van der Waals surface area contributed by atoms with Crippen LogP contribution in [-0.4, -0.2) is 65.3 Å². The lowest BCUT2D eigenvalue weighted by Crippen LogP contribution is -2.58. The maximum Gasteiger partial charge on any atom is 0.327 e. The number of amides is 3. The number of carboxylic acids is 1. The van der Waals surface area contributed by atoms with E-state index in [9.17, 15) is 19.2 Å². The largest absolute Gasteiger partial charge is 0.480 e. The first-order chi connectivity index (χ1) is 14.4. The van der Waals surface area contributed by atoms with Crippen LogP contribution in [0.1, 0.15) is 53.4 Å². The summed E-state index contributed by atoms with van der Waals surface area (Å²) >= 11 is 3.93.